The highest BCUT2D eigenvalue weighted by Crippen LogP contribution is 2.27. The number of hydrogen-bond donors (Lipinski definition) is 2. The molecule has 4 heterocycles. The number of para-hydroxylation sites is 1. The van der Waals surface area contributed by atoms with Gasteiger partial charge in [-0.2, -0.15) is 0 Å². The van der Waals surface area contributed by atoms with Crippen LogP contribution in [0.25, 0.3) is 0 Å². The Hall–Kier alpha value is -4.44. The van der Waals surface area contributed by atoms with E-state index in [-0.39, 0.29) is 36.1 Å². The maximum absolute atomic E-state index is 14.2. The Kier molecular flexibility index (Phi) is 16.5. The number of nitrogens with one attached hydrogen (secondary N) is 1. The Bertz CT molecular complexity index is 1730. The van der Waals surface area contributed by atoms with Crippen molar-refractivity contribution in [1.29, 1.82) is 0 Å². The molecular weight excluding hydrogens is 767 g/mol. The van der Waals surface area contributed by atoms with Gasteiger partial charge in [-0.25, -0.2) is 9.59 Å². The normalized spacial score (nSPS) is 19.1. The number of urea groups is 1. The van der Waals surface area contributed by atoms with E-state index < -0.39 is 12.2 Å². The van der Waals surface area contributed by atoms with E-state index >= 15 is 0 Å². The van der Waals surface area contributed by atoms with E-state index in [0.717, 1.165) is 81.8 Å². The van der Waals surface area contributed by atoms with Crippen molar-refractivity contribution in [2.45, 2.75) is 83.4 Å². The number of nitrogens with zero attached hydrogens (tertiary/aromatic N) is 6. The number of likely N-dealkylation sites (tertiary alicyclic amines) is 2. The van der Waals surface area contributed by atoms with Gasteiger partial charge in [-0.15, -0.1) is 0 Å². The second-order valence-corrected chi connectivity index (χ2v) is 17.0. The van der Waals surface area contributed by atoms with E-state index in [1.54, 1.807) is 12.0 Å². The van der Waals surface area contributed by atoms with Gasteiger partial charge >= 0.3 is 18.1 Å². The SMILES string of the molecule is COCCN(C)CCCOC(=O)CCN1CCC(N2CCN(C(=O)[C@@H](Cc3cc(C)c(O)c(C)c3)OC(=O)N3CCC(N4CCc5ccccc5NC4=O)CC3)CC2)CC1. The van der Waals surface area contributed by atoms with Crippen LogP contribution in [-0.4, -0.2) is 183 Å². The first kappa shape index (κ1) is 45.1. The van der Waals surface area contributed by atoms with Crippen LogP contribution in [0.15, 0.2) is 36.4 Å². The summed E-state index contributed by atoms with van der Waals surface area (Å²) >= 11 is 0. The summed E-state index contributed by atoms with van der Waals surface area (Å²) in [4.78, 5) is 65.9. The molecular formula is C45H67N7O8. The van der Waals surface area contributed by atoms with Crippen molar-refractivity contribution < 1.29 is 38.5 Å². The molecule has 0 aromatic heterocycles. The predicted molar refractivity (Wildman–Crippen MR) is 229 cm³/mol. The van der Waals surface area contributed by atoms with Crippen LogP contribution in [0.5, 0.6) is 5.75 Å². The van der Waals surface area contributed by atoms with Crippen molar-refractivity contribution in [3.63, 3.8) is 0 Å². The van der Waals surface area contributed by atoms with Gasteiger partial charge in [0, 0.05) is 96.7 Å². The number of likely N-dealkylation sites (N-methyl/N-ethyl adjacent to an activating group) is 1. The second kappa shape index (κ2) is 21.9. The number of carbonyl (C=O) groups is 4. The van der Waals surface area contributed by atoms with Gasteiger partial charge < -0.3 is 49.1 Å². The summed E-state index contributed by atoms with van der Waals surface area (Å²) in [6, 6.07) is 11.9. The maximum Gasteiger partial charge on any atom is 0.410 e. The average molecular weight is 834 g/mol. The minimum Gasteiger partial charge on any atom is -0.507 e. The maximum atomic E-state index is 14.2. The van der Waals surface area contributed by atoms with Gasteiger partial charge in [0.05, 0.1) is 19.6 Å². The molecule has 0 spiro atoms. The van der Waals surface area contributed by atoms with Gasteiger partial charge in [-0.3, -0.25) is 14.5 Å². The number of rotatable bonds is 16. The van der Waals surface area contributed by atoms with Gasteiger partial charge in [0.2, 0.25) is 0 Å². The minimum atomic E-state index is -1.02. The number of aromatic hydroxyl groups is 1. The molecule has 0 bridgehead atoms. The number of esters is 1. The van der Waals surface area contributed by atoms with Gasteiger partial charge in [-0.1, -0.05) is 30.3 Å². The Morgan fingerprint density at radius 3 is 2.25 bits per heavy atom. The fraction of sp³-hybridized carbons (Fsp3) is 0.644. The number of fused-ring (bicyclic) bond motifs is 1. The molecule has 2 aromatic carbocycles. The number of phenols is 1. The lowest BCUT2D eigenvalue weighted by Crippen LogP contribution is -2.56. The molecule has 2 N–H and O–H groups in total. The molecule has 0 unspecified atom stereocenters. The Morgan fingerprint density at radius 2 is 1.55 bits per heavy atom. The van der Waals surface area contributed by atoms with Crippen molar-refractivity contribution in [3.05, 3.63) is 58.7 Å². The Labute approximate surface area is 355 Å². The quantitative estimate of drug-likeness (QED) is 0.186. The molecule has 0 aliphatic carbocycles. The van der Waals surface area contributed by atoms with Gasteiger partial charge in [0.1, 0.15) is 5.75 Å². The number of ether oxygens (including phenoxy) is 3. The van der Waals surface area contributed by atoms with Crippen LogP contribution in [0, 0.1) is 13.8 Å². The second-order valence-electron chi connectivity index (χ2n) is 17.0. The summed E-state index contributed by atoms with van der Waals surface area (Å²) in [6.45, 7) is 13.1. The van der Waals surface area contributed by atoms with Crippen LogP contribution < -0.4 is 5.32 Å². The van der Waals surface area contributed by atoms with Gasteiger partial charge in [-0.05, 0) is 101 Å². The molecule has 6 rings (SSSR count). The van der Waals surface area contributed by atoms with Crippen LogP contribution in [0.4, 0.5) is 15.3 Å². The zero-order valence-corrected chi connectivity index (χ0v) is 36.2. The van der Waals surface area contributed by atoms with Crippen LogP contribution in [0.3, 0.4) is 0 Å². The van der Waals surface area contributed by atoms with E-state index in [0.29, 0.717) is 88.9 Å². The highest BCUT2D eigenvalue weighted by molar-refractivity contribution is 5.91. The Balaban J connectivity index is 0.962. The fourth-order valence-corrected chi connectivity index (χ4v) is 9.07. The molecule has 330 valence electrons. The number of phenolic OH excluding ortho intramolecular Hbond substituents is 1. The smallest absolute Gasteiger partial charge is 0.410 e. The van der Waals surface area contributed by atoms with Crippen molar-refractivity contribution in [1.82, 2.24) is 29.4 Å². The summed E-state index contributed by atoms with van der Waals surface area (Å²) < 4.78 is 16.7. The third kappa shape index (κ3) is 12.3. The first-order chi connectivity index (χ1) is 29.0. The zero-order chi connectivity index (χ0) is 42.6. The molecule has 0 radical (unpaired) electrons. The number of aryl methyl sites for hydroxylation is 2. The predicted octanol–water partition coefficient (Wildman–Crippen LogP) is 4.12. The number of piperidine rings is 2. The van der Waals surface area contributed by atoms with Crippen LogP contribution in [0.1, 0.15) is 60.8 Å². The van der Waals surface area contributed by atoms with Crippen LogP contribution in [0.2, 0.25) is 0 Å². The number of piperazine rings is 1. The largest absolute Gasteiger partial charge is 0.507 e. The molecule has 15 heteroatoms. The van der Waals surface area contributed by atoms with Crippen molar-refractivity contribution in [2.24, 2.45) is 0 Å². The highest BCUT2D eigenvalue weighted by atomic mass is 16.6. The van der Waals surface area contributed by atoms with E-state index in [4.69, 9.17) is 14.2 Å². The van der Waals surface area contributed by atoms with Crippen molar-refractivity contribution in [3.8, 4) is 5.75 Å². The molecule has 0 saturated carbocycles. The number of anilines is 1. The standard InChI is InChI=1S/C45H67N7O8/c1-33-30-35(31-34(2)42(33)54)32-40(60-45(57)51-20-13-38(14-21-51)52-22-10-36-8-5-6-9-39(36)46-44(52)56)43(55)50-25-23-49(24-26-50)37-11-17-48(18-12-37)19-15-41(53)59-28-7-16-47(3)27-29-58-4/h5-6,8-9,30-31,37-38,40,54H,7,10-29,32H2,1-4H3,(H,46,56)/t40-/m1/s1. The summed E-state index contributed by atoms with van der Waals surface area (Å²) in [5.74, 6) is -0.133. The summed E-state index contributed by atoms with van der Waals surface area (Å²) in [5.41, 5.74) is 4.20. The molecule has 4 aliphatic heterocycles. The Morgan fingerprint density at radius 1 is 0.867 bits per heavy atom. The lowest BCUT2D eigenvalue weighted by atomic mass is 10.00. The molecule has 4 amide bonds. The topological polar surface area (TPSA) is 148 Å². The average Bonchev–Trinajstić information content (AvgIpc) is 3.43. The van der Waals surface area contributed by atoms with Crippen LogP contribution >= 0.6 is 0 Å². The minimum absolute atomic E-state index is 0.00411. The number of amides is 4. The molecule has 4 aliphatic rings. The molecule has 60 heavy (non-hydrogen) atoms. The van der Waals surface area contributed by atoms with Crippen molar-refractivity contribution in [2.75, 3.05) is 111 Å². The summed E-state index contributed by atoms with van der Waals surface area (Å²) in [7, 11) is 3.73. The lowest BCUT2D eigenvalue weighted by Gasteiger charge is -2.43. The first-order valence-electron chi connectivity index (χ1n) is 22.0. The molecule has 2 aromatic rings. The monoisotopic (exact) mass is 834 g/mol. The third-order valence-electron chi connectivity index (χ3n) is 12.8. The first-order valence-corrected chi connectivity index (χ1v) is 22.0. The zero-order valence-electron chi connectivity index (χ0n) is 36.2. The number of methoxy groups -OCH3 is 1. The number of benzene rings is 2. The van der Waals surface area contributed by atoms with E-state index in [1.165, 1.54) is 0 Å². The molecule has 1 atom stereocenters. The van der Waals surface area contributed by atoms with E-state index in [1.807, 2.05) is 67.1 Å². The number of hydrogen-bond acceptors (Lipinski definition) is 11. The van der Waals surface area contributed by atoms with Gasteiger partial charge in [0.25, 0.3) is 5.91 Å². The van der Waals surface area contributed by atoms with E-state index in [2.05, 4.69) is 20.0 Å². The molecule has 3 saturated heterocycles. The lowest BCUT2D eigenvalue weighted by molar-refractivity contribution is -0.145. The van der Waals surface area contributed by atoms with Gasteiger partial charge in [0.15, 0.2) is 6.10 Å². The van der Waals surface area contributed by atoms with Crippen LogP contribution in [-0.2, 0) is 36.6 Å². The summed E-state index contributed by atoms with van der Waals surface area (Å²) in [6.07, 6.45) is 3.88. The van der Waals surface area contributed by atoms with E-state index in [9.17, 15) is 24.3 Å². The van der Waals surface area contributed by atoms with Crippen molar-refractivity contribution >= 4 is 29.7 Å². The molecule has 15 nitrogen and oxygen atoms in total. The fourth-order valence-electron chi connectivity index (χ4n) is 9.07. The third-order valence-corrected chi connectivity index (χ3v) is 12.8. The summed E-state index contributed by atoms with van der Waals surface area (Å²) in [5, 5.41) is 13.5. The molecule has 3 fully saturated rings. The highest BCUT2D eigenvalue weighted by Gasteiger charge is 2.36. The number of carbonyl (C=O) groups excluding carboxylic acids is 4.